The predicted molar refractivity (Wildman–Crippen MR) is 64.7 cm³/mol. The van der Waals surface area contributed by atoms with E-state index in [-0.39, 0.29) is 6.42 Å². The Balaban J connectivity index is 2.88. The third-order valence-corrected chi connectivity index (χ3v) is 3.01. The van der Waals surface area contributed by atoms with Gasteiger partial charge in [-0.15, -0.1) is 0 Å². The molecule has 1 unspecified atom stereocenters. The van der Waals surface area contributed by atoms with Crippen LogP contribution in [0.3, 0.4) is 0 Å². The van der Waals surface area contributed by atoms with E-state index in [2.05, 4.69) is 0 Å². The summed E-state index contributed by atoms with van der Waals surface area (Å²) in [6.07, 6.45) is -1.44. The minimum atomic E-state index is -1.91. The molecule has 0 aliphatic carbocycles. The Hall–Kier alpha value is -1.50. The van der Waals surface area contributed by atoms with Gasteiger partial charge in [0.25, 0.3) is 5.54 Å². The van der Waals surface area contributed by atoms with Gasteiger partial charge in [0.2, 0.25) is 0 Å². The van der Waals surface area contributed by atoms with E-state index in [4.69, 9.17) is 10.2 Å². The number of rotatable bonds is 6. The van der Waals surface area contributed by atoms with E-state index in [1.54, 1.807) is 24.3 Å². The lowest BCUT2D eigenvalue weighted by molar-refractivity contribution is -0.580. The van der Waals surface area contributed by atoms with Crippen molar-refractivity contribution >= 4 is 0 Å². The molecule has 0 aliphatic heterocycles. The van der Waals surface area contributed by atoms with Gasteiger partial charge in [-0.1, -0.05) is 29.8 Å². The summed E-state index contributed by atoms with van der Waals surface area (Å²) in [6.45, 7) is 0.248. The van der Waals surface area contributed by atoms with Crippen LogP contribution in [-0.4, -0.2) is 39.0 Å². The highest BCUT2D eigenvalue weighted by Gasteiger charge is 2.44. The number of nitro groups is 1. The van der Waals surface area contributed by atoms with Crippen LogP contribution in [0.2, 0.25) is 0 Å². The predicted octanol–water partition coefficient (Wildman–Crippen LogP) is 0.419. The molecule has 18 heavy (non-hydrogen) atoms. The molecule has 6 nitrogen and oxygen atoms in total. The van der Waals surface area contributed by atoms with E-state index in [0.29, 0.717) is 5.56 Å². The van der Waals surface area contributed by atoms with Crippen LogP contribution in [0.5, 0.6) is 0 Å². The van der Waals surface area contributed by atoms with Gasteiger partial charge < -0.3 is 15.3 Å². The largest absolute Gasteiger partial charge is 0.389 e. The zero-order valence-corrected chi connectivity index (χ0v) is 10.1. The standard InChI is InChI=1S/C12H17NO5/c1-9-2-4-10(5-3-9)11(16)6-12(7-14,8-15)13(17)18/h2-5,11,14-16H,6-8H2,1H3. The van der Waals surface area contributed by atoms with Crippen molar-refractivity contribution in [2.45, 2.75) is 25.0 Å². The van der Waals surface area contributed by atoms with Crippen molar-refractivity contribution in [1.82, 2.24) is 0 Å². The molecule has 100 valence electrons. The number of hydrogen-bond acceptors (Lipinski definition) is 5. The molecule has 0 bridgehead atoms. The van der Waals surface area contributed by atoms with Gasteiger partial charge >= 0.3 is 0 Å². The zero-order valence-electron chi connectivity index (χ0n) is 10.1. The lowest BCUT2D eigenvalue weighted by atomic mass is 9.91. The lowest BCUT2D eigenvalue weighted by Crippen LogP contribution is -2.47. The van der Waals surface area contributed by atoms with Crippen LogP contribution in [0.4, 0.5) is 0 Å². The first kappa shape index (κ1) is 14.6. The maximum absolute atomic E-state index is 10.9. The quantitative estimate of drug-likeness (QED) is 0.505. The van der Waals surface area contributed by atoms with Crippen LogP contribution in [0.15, 0.2) is 24.3 Å². The van der Waals surface area contributed by atoms with Crippen molar-refractivity contribution in [3.05, 3.63) is 45.5 Å². The zero-order chi connectivity index (χ0) is 13.8. The van der Waals surface area contributed by atoms with Gasteiger partial charge in [0.1, 0.15) is 13.2 Å². The van der Waals surface area contributed by atoms with Gasteiger partial charge in [-0.05, 0) is 12.5 Å². The van der Waals surface area contributed by atoms with Gasteiger partial charge in [-0.2, -0.15) is 0 Å². The Bertz CT molecular complexity index is 399. The Morgan fingerprint density at radius 2 is 1.78 bits per heavy atom. The first-order valence-corrected chi connectivity index (χ1v) is 5.56. The third kappa shape index (κ3) is 3.04. The molecule has 0 saturated carbocycles. The number of aliphatic hydroxyl groups is 3. The topological polar surface area (TPSA) is 104 Å². The minimum Gasteiger partial charge on any atom is -0.389 e. The molecule has 1 aromatic rings. The van der Waals surface area contributed by atoms with Gasteiger partial charge in [0, 0.05) is 4.92 Å². The van der Waals surface area contributed by atoms with Crippen LogP contribution in [0.25, 0.3) is 0 Å². The summed E-state index contributed by atoms with van der Waals surface area (Å²) in [6, 6.07) is 6.90. The monoisotopic (exact) mass is 255 g/mol. The molecule has 1 rings (SSSR count). The summed E-state index contributed by atoms with van der Waals surface area (Å²) in [5.41, 5.74) is -0.380. The molecular weight excluding hydrogens is 238 g/mol. The van der Waals surface area contributed by atoms with Crippen molar-refractivity contribution in [2.24, 2.45) is 0 Å². The molecule has 1 aromatic carbocycles. The van der Waals surface area contributed by atoms with Crippen LogP contribution >= 0.6 is 0 Å². The first-order chi connectivity index (χ1) is 8.45. The molecule has 0 amide bonds. The molecule has 0 heterocycles. The normalized spacial score (nSPS) is 13.3. The van der Waals surface area contributed by atoms with Crippen LogP contribution < -0.4 is 0 Å². The Labute approximate surface area is 105 Å². The van der Waals surface area contributed by atoms with E-state index in [0.717, 1.165) is 5.56 Å². The molecule has 0 radical (unpaired) electrons. The summed E-state index contributed by atoms with van der Waals surface area (Å²) in [5.74, 6) is 0. The maximum atomic E-state index is 10.9. The summed E-state index contributed by atoms with van der Waals surface area (Å²) in [4.78, 5) is 10.1. The van der Waals surface area contributed by atoms with E-state index in [1.807, 2.05) is 6.92 Å². The summed E-state index contributed by atoms with van der Waals surface area (Å²) < 4.78 is 0. The van der Waals surface area contributed by atoms with Crippen LogP contribution in [0.1, 0.15) is 23.7 Å². The maximum Gasteiger partial charge on any atom is 0.270 e. The van der Waals surface area contributed by atoms with Crippen LogP contribution in [0, 0.1) is 17.0 Å². The third-order valence-electron chi connectivity index (χ3n) is 3.01. The smallest absolute Gasteiger partial charge is 0.270 e. The average molecular weight is 255 g/mol. The molecular formula is C12H17NO5. The highest BCUT2D eigenvalue weighted by atomic mass is 16.6. The van der Waals surface area contributed by atoms with Crippen molar-refractivity contribution in [3.63, 3.8) is 0 Å². The summed E-state index contributed by atoms with van der Waals surface area (Å²) in [5, 5.41) is 39.0. The van der Waals surface area contributed by atoms with Crippen molar-refractivity contribution < 1.29 is 20.2 Å². The van der Waals surface area contributed by atoms with Crippen molar-refractivity contribution in [2.75, 3.05) is 13.2 Å². The number of aryl methyl sites for hydroxylation is 1. The molecule has 0 spiro atoms. The van der Waals surface area contributed by atoms with Gasteiger partial charge in [0.05, 0.1) is 12.5 Å². The van der Waals surface area contributed by atoms with Crippen molar-refractivity contribution in [1.29, 1.82) is 0 Å². The fraction of sp³-hybridized carbons (Fsp3) is 0.500. The molecule has 0 aromatic heterocycles. The van der Waals surface area contributed by atoms with E-state index < -0.39 is 29.8 Å². The Kier molecular flexibility index (Phi) is 4.77. The highest BCUT2D eigenvalue weighted by molar-refractivity contribution is 5.23. The van der Waals surface area contributed by atoms with Gasteiger partial charge in [-0.25, -0.2) is 0 Å². The van der Waals surface area contributed by atoms with E-state index in [1.165, 1.54) is 0 Å². The van der Waals surface area contributed by atoms with Crippen LogP contribution in [-0.2, 0) is 0 Å². The van der Waals surface area contributed by atoms with Gasteiger partial charge in [-0.3, -0.25) is 10.1 Å². The number of nitrogens with zero attached hydrogens (tertiary/aromatic N) is 1. The molecule has 0 saturated heterocycles. The lowest BCUT2D eigenvalue weighted by Gasteiger charge is -2.23. The Morgan fingerprint density at radius 1 is 1.28 bits per heavy atom. The molecule has 3 N–H and O–H groups in total. The average Bonchev–Trinajstić information content (AvgIpc) is 2.36. The number of benzene rings is 1. The number of aliphatic hydroxyl groups excluding tert-OH is 3. The fourth-order valence-electron chi connectivity index (χ4n) is 1.64. The second-order valence-corrected chi connectivity index (χ2v) is 4.43. The SMILES string of the molecule is Cc1ccc(C(O)CC(CO)(CO)[N+](=O)[O-])cc1. The molecule has 0 fully saturated rings. The minimum absolute atomic E-state index is 0.337. The van der Waals surface area contributed by atoms with Gasteiger partial charge in [0.15, 0.2) is 0 Å². The van der Waals surface area contributed by atoms with E-state index >= 15 is 0 Å². The first-order valence-electron chi connectivity index (χ1n) is 5.56. The second kappa shape index (κ2) is 5.90. The Morgan fingerprint density at radius 3 is 2.17 bits per heavy atom. The fourth-order valence-corrected chi connectivity index (χ4v) is 1.64. The second-order valence-electron chi connectivity index (χ2n) is 4.43. The summed E-state index contributed by atoms with van der Waals surface area (Å²) >= 11 is 0. The molecule has 1 atom stereocenters. The van der Waals surface area contributed by atoms with E-state index in [9.17, 15) is 15.2 Å². The molecule has 6 heteroatoms. The van der Waals surface area contributed by atoms with Crippen molar-refractivity contribution in [3.8, 4) is 0 Å². The number of hydrogen-bond donors (Lipinski definition) is 3. The molecule has 0 aliphatic rings. The highest BCUT2D eigenvalue weighted by Crippen LogP contribution is 2.26. The summed E-state index contributed by atoms with van der Waals surface area (Å²) in [7, 11) is 0.